The van der Waals surface area contributed by atoms with E-state index in [0.717, 1.165) is 56.5 Å². The summed E-state index contributed by atoms with van der Waals surface area (Å²) in [7, 11) is 0. The average Bonchev–Trinajstić information content (AvgIpc) is 2.11. The summed E-state index contributed by atoms with van der Waals surface area (Å²) in [5.41, 5.74) is 1.18. The molecule has 12 bridgehead atoms. The molecule has 0 aromatic heterocycles. The summed E-state index contributed by atoms with van der Waals surface area (Å²) in [5, 5.41) is 36.5. The molecular weight excluding hydrogens is 1170 g/mol. The highest BCUT2D eigenvalue weighted by Crippen LogP contribution is 2.46. The number of hydrogen-bond donors (Lipinski definition) is 4. The van der Waals surface area contributed by atoms with Crippen LogP contribution in [0.2, 0.25) is 0 Å². The SMILES string of the molecule is CC(=O)C1CC2C=CC1C2.CC(=O)C1CC2C=CC1O2.CC1=CCC2C(=O)OC(=O)C2C1.CC1C=CCC2C(=O)OC(=O)C12.O=C1OC(=O)C2CC=CCC12.O=CC1CC2C=CC1C2.O=CC1CC2C=CC1O2.OC1(O)CC2C=CC1C2.OC1(O)CC2C=CC1O2. The predicted octanol–water partition coefficient (Wildman–Crippen LogP) is 6.88. The molecule has 91 heavy (non-hydrogen) atoms. The number of esters is 6. The molecule has 9 aliphatic carbocycles. The first-order valence-corrected chi connectivity index (χ1v) is 32.5. The highest BCUT2D eigenvalue weighted by molar-refractivity contribution is 5.98. The van der Waals surface area contributed by atoms with Crippen molar-refractivity contribution in [1.29, 1.82) is 0 Å². The monoisotopic (exact) mass is 1260 g/mol. The van der Waals surface area contributed by atoms with Gasteiger partial charge in [0.25, 0.3) is 0 Å². The smallest absolute Gasteiger partial charge is 0.318 e. The van der Waals surface area contributed by atoms with E-state index >= 15 is 0 Å². The topological polar surface area (TPSA) is 307 Å². The highest BCUT2D eigenvalue weighted by atomic mass is 16.6. The lowest BCUT2D eigenvalue weighted by Crippen LogP contribution is -2.37. The Hall–Kier alpha value is -6.52. The number of fused-ring (bicyclic) bond motifs is 15. The number of aliphatic hydroxyl groups is 4. The van der Waals surface area contributed by atoms with E-state index in [9.17, 15) is 58.2 Å². The van der Waals surface area contributed by atoms with Crippen molar-refractivity contribution in [3.63, 3.8) is 0 Å². The summed E-state index contributed by atoms with van der Waals surface area (Å²) in [6.45, 7) is 7.28. The van der Waals surface area contributed by atoms with Gasteiger partial charge in [-0.15, -0.1) is 0 Å². The van der Waals surface area contributed by atoms with Gasteiger partial charge in [0.05, 0.1) is 71.9 Å². The molecular formula is C71H86O20. The summed E-state index contributed by atoms with van der Waals surface area (Å²) in [6, 6.07) is 0. The van der Waals surface area contributed by atoms with E-state index in [1.165, 1.54) is 18.4 Å². The molecule has 0 amide bonds. The second kappa shape index (κ2) is 28.8. The third-order valence-electron chi connectivity index (χ3n) is 21.0. The molecule has 0 aromatic rings. The van der Waals surface area contributed by atoms with Gasteiger partial charge in [0, 0.05) is 36.5 Å². The first-order chi connectivity index (χ1) is 43.4. The molecule has 6 saturated heterocycles. The number of Topliss-reactive ketones (excluding diaryl/α,β-unsaturated/α-hetero) is 2. The van der Waals surface area contributed by atoms with Crippen LogP contribution >= 0.6 is 0 Å². The number of allylic oxidation sites excluding steroid dienone is 11. The van der Waals surface area contributed by atoms with Crippen LogP contribution in [0.1, 0.15) is 118 Å². The van der Waals surface area contributed by atoms with E-state index in [0.29, 0.717) is 80.3 Å². The Labute approximate surface area is 529 Å². The maximum atomic E-state index is 11.2. The van der Waals surface area contributed by atoms with Crippen molar-refractivity contribution in [1.82, 2.24) is 0 Å². The van der Waals surface area contributed by atoms with Crippen molar-refractivity contribution in [3.8, 4) is 0 Å². The Morgan fingerprint density at radius 3 is 1.40 bits per heavy atom. The van der Waals surface area contributed by atoms with Crippen LogP contribution in [0.15, 0.2) is 109 Å². The Morgan fingerprint density at radius 2 is 1.02 bits per heavy atom. The summed E-state index contributed by atoms with van der Waals surface area (Å²) >= 11 is 0. The maximum Gasteiger partial charge on any atom is 0.318 e. The lowest BCUT2D eigenvalue weighted by Gasteiger charge is -2.22. The molecule has 9 aliphatic heterocycles. The van der Waals surface area contributed by atoms with Crippen LogP contribution in [0.5, 0.6) is 0 Å². The highest BCUT2D eigenvalue weighted by Gasteiger charge is 2.50. The van der Waals surface area contributed by atoms with Crippen molar-refractivity contribution >= 4 is 60.0 Å². The largest absolute Gasteiger partial charge is 0.393 e. The molecule has 20 heteroatoms. The van der Waals surface area contributed by atoms with Gasteiger partial charge in [0.2, 0.25) is 0 Å². The molecule has 23 atom stereocenters. The fraction of sp³-hybridized carbons (Fsp3) is 0.606. The van der Waals surface area contributed by atoms with Gasteiger partial charge in [-0.05, 0) is 133 Å². The fourth-order valence-corrected chi connectivity index (χ4v) is 15.8. The first kappa shape index (κ1) is 67.4. The third kappa shape index (κ3) is 15.8. The van der Waals surface area contributed by atoms with Crippen LogP contribution in [0.25, 0.3) is 0 Å². The number of rotatable bonds is 4. The second-order valence-corrected chi connectivity index (χ2v) is 27.5. The average molecular weight is 1260 g/mol. The van der Waals surface area contributed by atoms with Gasteiger partial charge in [-0.1, -0.05) is 116 Å². The quantitative estimate of drug-likeness (QED) is 0.0556. The third-order valence-corrected chi connectivity index (χ3v) is 21.0. The van der Waals surface area contributed by atoms with E-state index in [2.05, 4.69) is 44.6 Å². The zero-order chi connectivity index (χ0) is 65.1. The molecule has 490 valence electrons. The summed E-state index contributed by atoms with van der Waals surface area (Å²) in [5.74, 6) is -1.28. The van der Waals surface area contributed by atoms with Gasteiger partial charge in [0.15, 0.2) is 11.6 Å². The first-order valence-electron chi connectivity index (χ1n) is 32.5. The van der Waals surface area contributed by atoms with Crippen LogP contribution in [0, 0.1) is 101 Å². The molecule has 0 radical (unpaired) electrons. The minimum atomic E-state index is -1.60. The Balaban J connectivity index is 0.000000113. The van der Waals surface area contributed by atoms with Gasteiger partial charge < -0.3 is 58.4 Å². The minimum absolute atomic E-state index is 0.0162. The van der Waals surface area contributed by atoms with Crippen molar-refractivity contribution in [2.45, 2.75) is 166 Å². The summed E-state index contributed by atoms with van der Waals surface area (Å²) in [4.78, 5) is 109. The zero-order valence-corrected chi connectivity index (χ0v) is 52.0. The van der Waals surface area contributed by atoms with Crippen LogP contribution in [-0.4, -0.2) is 129 Å². The number of carbonyl (C=O) groups excluding carboxylic acids is 10. The van der Waals surface area contributed by atoms with Crippen LogP contribution in [0.3, 0.4) is 0 Å². The van der Waals surface area contributed by atoms with Gasteiger partial charge in [-0.2, -0.15) is 0 Å². The fourth-order valence-electron chi connectivity index (χ4n) is 15.8. The minimum Gasteiger partial charge on any atom is -0.393 e. The molecule has 9 fully saturated rings. The molecule has 18 rings (SSSR count). The van der Waals surface area contributed by atoms with E-state index in [4.69, 9.17) is 24.4 Å². The number of ketones is 2. The standard InChI is InChI=1S/2C9H10O3.C9H12O.C8H8O3.C8H10O2.C8H10O.C7H8O2.C7H10O2.C6H8O3/c1-5-2-3-6-7(4-5)9(11)12-8(6)10;1-5-3-2-4-6-7(5)9(11)12-8(6)10;1-6(10)9-5-7-2-3-8(9)4-7;9-7-5-3-1-2-4-6(5)8(10)11-7;1-5(9)7-4-6-2-3-8(7)10-6;9-5-8-4-6-1-2-7(8)3-6;8-4-5-3-6-1-2-7(5)9-6;8-7(9)4-5-1-2-6(7)3-5;7-6(8)3-4-1-2-5(6)9-4/h2,6-7H,3-4H2,1H3;2-3,5-7H,4H2,1H3;2-3,7-9H,4-5H2,1H3;1-2,5-6H,3-4H2;2-3,6-8H,4H2,1H3;1-2,5-8H,3-4H2;1-2,4-7H,3H2;1-2,5-6,8-9H,3-4H2;1-2,4-5,7-8H,3H2. The van der Waals surface area contributed by atoms with E-state index in [1.807, 2.05) is 80.7 Å². The van der Waals surface area contributed by atoms with E-state index in [1.54, 1.807) is 19.9 Å². The molecule has 3 saturated carbocycles. The van der Waals surface area contributed by atoms with E-state index in [-0.39, 0.29) is 131 Å². The Kier molecular flexibility index (Phi) is 21.3. The Bertz CT molecular complexity index is 2950. The van der Waals surface area contributed by atoms with Crippen LogP contribution < -0.4 is 0 Å². The maximum absolute atomic E-state index is 11.2. The Morgan fingerprint density at radius 1 is 0.473 bits per heavy atom. The molecule has 0 spiro atoms. The second-order valence-electron chi connectivity index (χ2n) is 27.5. The van der Waals surface area contributed by atoms with Crippen molar-refractivity contribution in [2.75, 3.05) is 0 Å². The van der Waals surface area contributed by atoms with Gasteiger partial charge in [-0.3, -0.25) is 38.4 Å². The molecule has 4 N–H and O–H groups in total. The van der Waals surface area contributed by atoms with Crippen molar-refractivity contribution in [2.24, 2.45) is 101 Å². The molecule has 0 aromatic carbocycles. The lowest BCUT2D eigenvalue weighted by molar-refractivity contribution is -0.179. The van der Waals surface area contributed by atoms with Crippen LogP contribution in [0.4, 0.5) is 0 Å². The predicted molar refractivity (Wildman–Crippen MR) is 324 cm³/mol. The van der Waals surface area contributed by atoms with Crippen molar-refractivity contribution < 1.29 is 96.8 Å². The van der Waals surface area contributed by atoms with Crippen molar-refractivity contribution in [3.05, 3.63) is 109 Å². The van der Waals surface area contributed by atoms with E-state index < -0.39 is 17.7 Å². The molecule has 18 aliphatic rings. The van der Waals surface area contributed by atoms with Gasteiger partial charge in [0.1, 0.15) is 30.2 Å². The zero-order valence-electron chi connectivity index (χ0n) is 52.0. The summed E-state index contributed by atoms with van der Waals surface area (Å²) < 4.78 is 29.4. The molecule has 9 heterocycles. The summed E-state index contributed by atoms with van der Waals surface area (Å²) in [6.07, 6.45) is 48.2. The molecule has 23 unspecified atom stereocenters. The number of hydrogen-bond acceptors (Lipinski definition) is 20. The van der Waals surface area contributed by atoms with Crippen LogP contribution in [-0.2, 0) is 76.4 Å². The normalized spacial score (nSPS) is 41.2. The molecule has 20 nitrogen and oxygen atoms in total. The van der Waals surface area contributed by atoms with Gasteiger partial charge in [-0.25, -0.2) is 0 Å². The number of cyclic esters (lactones) is 6. The number of aldehydes is 2. The van der Waals surface area contributed by atoms with Gasteiger partial charge >= 0.3 is 35.8 Å². The lowest BCUT2D eigenvalue weighted by atomic mass is 9.78. The number of carbonyl (C=O) groups is 10. The number of ether oxygens (including phenoxy) is 6.